The zero-order chi connectivity index (χ0) is 13.8. The minimum atomic E-state index is -0.271. The number of nitrogens with zero attached hydrogens (tertiary/aromatic N) is 1. The van der Waals surface area contributed by atoms with Gasteiger partial charge in [-0.05, 0) is 29.3 Å². The van der Waals surface area contributed by atoms with Crippen LogP contribution >= 0.6 is 23.2 Å². The van der Waals surface area contributed by atoms with E-state index in [4.69, 9.17) is 23.2 Å². The number of alkyl halides is 1. The predicted molar refractivity (Wildman–Crippen MR) is 79.5 cm³/mol. The van der Waals surface area contributed by atoms with Crippen LogP contribution in [0.1, 0.15) is 11.1 Å². The molecule has 0 aliphatic carbocycles. The molecule has 0 saturated carbocycles. The van der Waals surface area contributed by atoms with Gasteiger partial charge in [-0.1, -0.05) is 35.9 Å². The summed E-state index contributed by atoms with van der Waals surface area (Å²) in [4.78, 5) is 1.83. The van der Waals surface area contributed by atoms with E-state index in [1.807, 2.05) is 42.3 Å². The summed E-state index contributed by atoms with van der Waals surface area (Å²) in [6, 6.07) is 12.6. The summed E-state index contributed by atoms with van der Waals surface area (Å²) in [7, 11) is 1.84. The Balaban J connectivity index is 2.21. The molecule has 2 aromatic carbocycles. The fourth-order valence-electron chi connectivity index (χ4n) is 1.91. The fraction of sp³-hybridized carbons (Fsp3) is 0.200. The van der Waals surface area contributed by atoms with Crippen LogP contribution in [-0.4, -0.2) is 7.05 Å². The van der Waals surface area contributed by atoms with Gasteiger partial charge < -0.3 is 4.90 Å². The molecule has 0 unspecified atom stereocenters. The van der Waals surface area contributed by atoms with Crippen molar-refractivity contribution >= 4 is 28.9 Å². The SMILES string of the molecule is CN(Cc1ccccc1Cl)c1ccc(CCl)cc1F. The Morgan fingerprint density at radius 1 is 1.16 bits per heavy atom. The summed E-state index contributed by atoms with van der Waals surface area (Å²) in [5.41, 5.74) is 2.27. The lowest BCUT2D eigenvalue weighted by molar-refractivity contribution is 0.621. The Hall–Kier alpha value is -1.25. The molecule has 2 rings (SSSR count). The molecule has 0 radical (unpaired) electrons. The Morgan fingerprint density at radius 2 is 1.89 bits per heavy atom. The van der Waals surface area contributed by atoms with E-state index in [1.165, 1.54) is 6.07 Å². The Labute approximate surface area is 122 Å². The van der Waals surface area contributed by atoms with E-state index in [9.17, 15) is 4.39 Å². The van der Waals surface area contributed by atoms with Gasteiger partial charge in [-0.3, -0.25) is 0 Å². The number of benzene rings is 2. The van der Waals surface area contributed by atoms with Gasteiger partial charge >= 0.3 is 0 Å². The lowest BCUT2D eigenvalue weighted by atomic mass is 10.1. The van der Waals surface area contributed by atoms with Crippen molar-refractivity contribution in [1.82, 2.24) is 0 Å². The lowest BCUT2D eigenvalue weighted by Gasteiger charge is -2.21. The van der Waals surface area contributed by atoms with Gasteiger partial charge in [0.1, 0.15) is 5.82 Å². The summed E-state index contributed by atoms with van der Waals surface area (Å²) in [6.45, 7) is 0.552. The third-order valence-electron chi connectivity index (χ3n) is 2.94. The van der Waals surface area contributed by atoms with Crippen molar-refractivity contribution in [2.75, 3.05) is 11.9 Å². The molecule has 0 spiro atoms. The highest BCUT2D eigenvalue weighted by atomic mass is 35.5. The van der Waals surface area contributed by atoms with Crippen molar-refractivity contribution in [3.63, 3.8) is 0 Å². The van der Waals surface area contributed by atoms with E-state index in [0.29, 0.717) is 23.1 Å². The van der Waals surface area contributed by atoms with Gasteiger partial charge in [-0.15, -0.1) is 11.6 Å². The third kappa shape index (κ3) is 3.40. The van der Waals surface area contributed by atoms with Gasteiger partial charge in [0, 0.05) is 24.5 Å². The zero-order valence-electron chi connectivity index (χ0n) is 10.5. The second kappa shape index (κ2) is 6.27. The normalized spacial score (nSPS) is 10.5. The molecule has 0 bridgehead atoms. The highest BCUT2D eigenvalue weighted by molar-refractivity contribution is 6.31. The maximum atomic E-state index is 14.0. The Morgan fingerprint density at radius 3 is 2.53 bits per heavy atom. The maximum Gasteiger partial charge on any atom is 0.146 e. The second-order valence-electron chi connectivity index (χ2n) is 4.37. The van der Waals surface area contributed by atoms with Crippen LogP contribution in [0.5, 0.6) is 0 Å². The standard InChI is InChI=1S/C15H14Cl2FN/c1-19(10-12-4-2-3-5-13(12)17)15-7-6-11(9-16)8-14(15)18/h2-8H,9-10H2,1H3. The highest BCUT2D eigenvalue weighted by Gasteiger charge is 2.10. The molecule has 100 valence electrons. The predicted octanol–water partition coefficient (Wildman–Crippen LogP) is 4.85. The number of anilines is 1. The van der Waals surface area contributed by atoms with Crippen molar-refractivity contribution in [1.29, 1.82) is 0 Å². The molecule has 0 fully saturated rings. The van der Waals surface area contributed by atoms with Crippen molar-refractivity contribution in [2.24, 2.45) is 0 Å². The summed E-state index contributed by atoms with van der Waals surface area (Å²) < 4.78 is 14.0. The van der Waals surface area contributed by atoms with E-state index in [-0.39, 0.29) is 5.82 Å². The van der Waals surface area contributed by atoms with Crippen LogP contribution in [0, 0.1) is 5.82 Å². The summed E-state index contributed by atoms with van der Waals surface area (Å²) >= 11 is 11.8. The maximum absolute atomic E-state index is 14.0. The smallest absolute Gasteiger partial charge is 0.146 e. The number of halogens is 3. The number of hydrogen-bond acceptors (Lipinski definition) is 1. The quantitative estimate of drug-likeness (QED) is 0.729. The molecule has 0 heterocycles. The number of rotatable bonds is 4. The van der Waals surface area contributed by atoms with E-state index in [1.54, 1.807) is 6.07 Å². The number of hydrogen-bond donors (Lipinski definition) is 0. The molecule has 0 aliphatic heterocycles. The molecule has 1 nitrogen and oxygen atoms in total. The first-order valence-corrected chi connectivity index (χ1v) is 6.82. The van der Waals surface area contributed by atoms with Gasteiger partial charge in [-0.2, -0.15) is 0 Å². The van der Waals surface area contributed by atoms with E-state index in [2.05, 4.69) is 0 Å². The van der Waals surface area contributed by atoms with Crippen LogP contribution in [0.15, 0.2) is 42.5 Å². The van der Waals surface area contributed by atoms with Crippen molar-refractivity contribution in [3.8, 4) is 0 Å². The Bertz CT molecular complexity index is 572. The molecular weight excluding hydrogens is 284 g/mol. The molecule has 0 amide bonds. The third-order valence-corrected chi connectivity index (χ3v) is 3.62. The van der Waals surface area contributed by atoms with Crippen LogP contribution in [0.25, 0.3) is 0 Å². The zero-order valence-corrected chi connectivity index (χ0v) is 12.0. The van der Waals surface area contributed by atoms with Crippen molar-refractivity contribution < 1.29 is 4.39 Å². The van der Waals surface area contributed by atoms with Crippen LogP contribution in [0.3, 0.4) is 0 Å². The summed E-state index contributed by atoms with van der Waals surface area (Å²) in [5, 5.41) is 0.687. The van der Waals surface area contributed by atoms with Crippen molar-refractivity contribution in [3.05, 3.63) is 64.4 Å². The molecule has 19 heavy (non-hydrogen) atoms. The van der Waals surface area contributed by atoms with Crippen molar-refractivity contribution in [2.45, 2.75) is 12.4 Å². The van der Waals surface area contributed by atoms with Gasteiger partial charge in [0.05, 0.1) is 5.69 Å². The van der Waals surface area contributed by atoms with Gasteiger partial charge in [-0.25, -0.2) is 4.39 Å². The molecule has 0 saturated heterocycles. The minimum absolute atomic E-state index is 0.271. The Kier molecular flexibility index (Phi) is 4.67. The van der Waals surface area contributed by atoms with E-state index < -0.39 is 0 Å². The first-order valence-electron chi connectivity index (χ1n) is 5.90. The van der Waals surface area contributed by atoms with Gasteiger partial charge in [0.2, 0.25) is 0 Å². The molecular formula is C15H14Cl2FN. The van der Waals surface area contributed by atoms with Gasteiger partial charge in [0.15, 0.2) is 0 Å². The largest absolute Gasteiger partial charge is 0.368 e. The first-order chi connectivity index (χ1) is 9.11. The van der Waals surface area contributed by atoms with Crippen LogP contribution in [0.2, 0.25) is 5.02 Å². The van der Waals surface area contributed by atoms with Gasteiger partial charge in [0.25, 0.3) is 0 Å². The topological polar surface area (TPSA) is 3.24 Å². The average Bonchev–Trinajstić information content (AvgIpc) is 2.41. The fourth-order valence-corrected chi connectivity index (χ4v) is 2.27. The lowest BCUT2D eigenvalue weighted by Crippen LogP contribution is -2.18. The summed E-state index contributed by atoms with van der Waals surface area (Å²) in [5.74, 6) is 0.0403. The first kappa shape index (κ1) is 14.2. The van der Waals surface area contributed by atoms with E-state index in [0.717, 1.165) is 11.1 Å². The second-order valence-corrected chi connectivity index (χ2v) is 5.04. The minimum Gasteiger partial charge on any atom is -0.368 e. The molecule has 0 aromatic heterocycles. The molecule has 0 N–H and O–H groups in total. The summed E-state index contributed by atoms with van der Waals surface area (Å²) in [6.07, 6.45) is 0. The van der Waals surface area contributed by atoms with Crippen LogP contribution in [-0.2, 0) is 12.4 Å². The molecule has 2 aromatic rings. The molecule has 0 atom stereocenters. The van der Waals surface area contributed by atoms with Crippen LogP contribution in [0.4, 0.5) is 10.1 Å². The monoisotopic (exact) mass is 297 g/mol. The molecule has 0 aliphatic rings. The average molecular weight is 298 g/mol. The van der Waals surface area contributed by atoms with Crippen LogP contribution < -0.4 is 4.90 Å². The highest BCUT2D eigenvalue weighted by Crippen LogP contribution is 2.24. The van der Waals surface area contributed by atoms with E-state index >= 15 is 0 Å². The molecule has 4 heteroatoms.